The second kappa shape index (κ2) is 7.64. The summed E-state index contributed by atoms with van der Waals surface area (Å²) in [5.74, 6) is 0. The van der Waals surface area contributed by atoms with E-state index in [2.05, 4.69) is 63.7 Å². The zero-order valence-electron chi connectivity index (χ0n) is 8.13. The van der Waals surface area contributed by atoms with Gasteiger partial charge in [-0.25, -0.2) is 0 Å². The van der Waals surface area contributed by atoms with Crippen LogP contribution in [0.3, 0.4) is 0 Å². The lowest BCUT2D eigenvalue weighted by Gasteiger charge is -1.89. The fraction of sp³-hybridized carbons (Fsp3) is 0. The van der Waals surface area contributed by atoms with Gasteiger partial charge in [0.15, 0.2) is 0 Å². The van der Waals surface area contributed by atoms with Crippen LogP contribution in [-0.4, -0.2) is 0 Å². The fourth-order valence-corrected chi connectivity index (χ4v) is 1.97. The normalized spacial score (nSPS) is 9.25. The summed E-state index contributed by atoms with van der Waals surface area (Å²) in [5, 5.41) is 0. The van der Waals surface area contributed by atoms with Crippen molar-refractivity contribution in [2.45, 2.75) is 0 Å². The minimum absolute atomic E-state index is 1.10. The number of rotatable bonds is 0. The van der Waals surface area contributed by atoms with E-state index < -0.39 is 0 Å². The average Bonchev–Trinajstić information content (AvgIpc) is 2.28. The molecule has 0 atom stereocenters. The Labute approximate surface area is 129 Å². The van der Waals surface area contributed by atoms with Crippen LogP contribution in [-0.2, 0) is 0 Å². The summed E-state index contributed by atoms with van der Waals surface area (Å²) in [6, 6.07) is 15.9. The predicted octanol–water partition coefficient (Wildman–Crippen LogP) is 6.42. The smallest absolute Gasteiger partial charge is 0.0317 e. The van der Waals surface area contributed by atoms with Crippen molar-refractivity contribution in [2.75, 3.05) is 0 Å². The van der Waals surface area contributed by atoms with E-state index in [1.54, 1.807) is 0 Å². The molecule has 0 aliphatic rings. The van der Waals surface area contributed by atoms with Crippen LogP contribution in [0.1, 0.15) is 0 Å². The third kappa shape index (κ3) is 5.62. The van der Waals surface area contributed by atoms with Crippen molar-refractivity contribution in [3.8, 4) is 0 Å². The minimum atomic E-state index is 1.10. The molecule has 2 aromatic rings. The molecule has 16 heavy (non-hydrogen) atoms. The van der Waals surface area contributed by atoms with Gasteiger partial charge in [-0.05, 0) is 68.3 Å². The highest BCUT2D eigenvalue weighted by atomic mass is 79.9. The summed E-state index contributed by atoms with van der Waals surface area (Å²) in [7, 11) is 0. The first-order chi connectivity index (χ1) is 7.59. The molecule has 0 amide bonds. The summed E-state index contributed by atoms with van der Waals surface area (Å²) in [4.78, 5) is 0. The molecule has 0 saturated carbocycles. The van der Waals surface area contributed by atoms with Crippen molar-refractivity contribution in [1.29, 1.82) is 0 Å². The molecule has 0 bridgehead atoms. The van der Waals surface area contributed by atoms with Gasteiger partial charge in [-0.15, -0.1) is 0 Å². The molecule has 0 spiro atoms. The highest BCUT2D eigenvalue weighted by molar-refractivity contribution is 9.13. The predicted molar refractivity (Wildman–Crippen MR) is 83.7 cm³/mol. The zero-order chi connectivity index (χ0) is 12.0. The van der Waals surface area contributed by atoms with Crippen LogP contribution in [0.5, 0.6) is 0 Å². The Morgan fingerprint density at radius 3 is 1.06 bits per heavy atom. The van der Waals surface area contributed by atoms with E-state index in [4.69, 9.17) is 0 Å². The molecule has 0 radical (unpaired) electrons. The number of halogens is 4. The zero-order valence-corrected chi connectivity index (χ0v) is 14.5. The van der Waals surface area contributed by atoms with Crippen molar-refractivity contribution in [2.24, 2.45) is 0 Å². The molecule has 4 heteroatoms. The molecule has 0 aromatic heterocycles. The van der Waals surface area contributed by atoms with Gasteiger partial charge in [0.1, 0.15) is 0 Å². The van der Waals surface area contributed by atoms with Gasteiger partial charge in [0.25, 0.3) is 0 Å². The van der Waals surface area contributed by atoms with E-state index in [0.29, 0.717) is 0 Å². The van der Waals surface area contributed by atoms with Crippen LogP contribution in [0, 0.1) is 0 Å². The van der Waals surface area contributed by atoms with Crippen LogP contribution in [0.25, 0.3) is 0 Å². The lowest BCUT2D eigenvalue weighted by atomic mass is 10.4. The number of hydrogen-bond acceptors (Lipinski definition) is 0. The van der Waals surface area contributed by atoms with Crippen LogP contribution in [0.2, 0.25) is 0 Å². The third-order valence-corrected chi connectivity index (χ3v) is 4.60. The van der Waals surface area contributed by atoms with Crippen LogP contribution in [0.15, 0.2) is 66.4 Å². The summed E-state index contributed by atoms with van der Waals surface area (Å²) in [6.07, 6.45) is 0. The Hall–Kier alpha value is 0.360. The van der Waals surface area contributed by atoms with Gasteiger partial charge in [-0.1, -0.05) is 44.0 Å². The molecule has 0 aliphatic heterocycles. The van der Waals surface area contributed by atoms with Crippen LogP contribution >= 0.6 is 63.7 Å². The Bertz CT molecular complexity index is 395. The summed E-state index contributed by atoms with van der Waals surface area (Å²) in [5.41, 5.74) is 0. The van der Waals surface area contributed by atoms with E-state index in [0.717, 1.165) is 17.9 Å². The molecule has 0 saturated heterocycles. The highest BCUT2D eigenvalue weighted by Gasteiger charge is 1.88. The Kier molecular flexibility index (Phi) is 6.89. The maximum Gasteiger partial charge on any atom is 0.0317 e. The molecule has 0 unspecified atom stereocenters. The summed E-state index contributed by atoms with van der Waals surface area (Å²) >= 11 is 13.3. The minimum Gasteiger partial charge on any atom is -0.0611 e. The lowest BCUT2D eigenvalue weighted by molar-refractivity contribution is 1.59. The molecule has 2 aromatic carbocycles. The van der Waals surface area contributed by atoms with E-state index in [1.165, 1.54) is 0 Å². The molecule has 2 rings (SSSR count). The van der Waals surface area contributed by atoms with Crippen molar-refractivity contribution in [1.82, 2.24) is 0 Å². The van der Waals surface area contributed by atoms with E-state index in [-0.39, 0.29) is 0 Å². The van der Waals surface area contributed by atoms with E-state index in [1.807, 2.05) is 48.5 Å². The topological polar surface area (TPSA) is 0 Å². The average molecular weight is 472 g/mol. The van der Waals surface area contributed by atoms with Crippen molar-refractivity contribution < 1.29 is 0 Å². The van der Waals surface area contributed by atoms with Gasteiger partial charge in [0.2, 0.25) is 0 Å². The van der Waals surface area contributed by atoms with Crippen molar-refractivity contribution in [3.05, 3.63) is 66.4 Å². The maximum atomic E-state index is 3.35. The quantitative estimate of drug-likeness (QED) is 0.416. The highest BCUT2D eigenvalue weighted by Crippen LogP contribution is 2.20. The van der Waals surface area contributed by atoms with Gasteiger partial charge >= 0.3 is 0 Å². The first kappa shape index (κ1) is 14.4. The number of hydrogen-bond donors (Lipinski definition) is 0. The maximum absolute atomic E-state index is 3.35. The Morgan fingerprint density at radius 1 is 0.500 bits per heavy atom. The van der Waals surface area contributed by atoms with Gasteiger partial charge in [0, 0.05) is 17.9 Å². The van der Waals surface area contributed by atoms with Crippen molar-refractivity contribution in [3.63, 3.8) is 0 Å². The fourth-order valence-electron chi connectivity index (χ4n) is 0.869. The molecule has 0 heterocycles. The summed E-state index contributed by atoms with van der Waals surface area (Å²) < 4.78 is 4.42. The molecule has 0 N–H and O–H groups in total. The van der Waals surface area contributed by atoms with Gasteiger partial charge in [-0.2, -0.15) is 0 Å². The Morgan fingerprint density at radius 2 is 0.812 bits per heavy atom. The second-order valence-electron chi connectivity index (χ2n) is 2.85. The van der Waals surface area contributed by atoms with Gasteiger partial charge in [0.05, 0.1) is 0 Å². The molecule has 0 nitrogen and oxygen atoms in total. The monoisotopic (exact) mass is 468 g/mol. The molecular formula is C12H8Br4. The molecule has 0 aliphatic carbocycles. The summed E-state index contributed by atoms with van der Waals surface area (Å²) in [6.45, 7) is 0. The van der Waals surface area contributed by atoms with E-state index in [9.17, 15) is 0 Å². The van der Waals surface area contributed by atoms with Crippen LogP contribution < -0.4 is 0 Å². The molecular weight excluding hydrogens is 464 g/mol. The van der Waals surface area contributed by atoms with E-state index >= 15 is 0 Å². The number of benzene rings is 2. The Balaban J connectivity index is 0.000000160. The first-order valence-electron chi connectivity index (χ1n) is 4.40. The first-order valence-corrected chi connectivity index (χ1v) is 7.58. The largest absolute Gasteiger partial charge is 0.0611 e. The SMILES string of the molecule is Brc1ccc(Br)cc1.Brc1ccccc1Br. The van der Waals surface area contributed by atoms with Gasteiger partial charge < -0.3 is 0 Å². The standard InChI is InChI=1S/2C6H4Br2/c7-5-1-2-6(8)4-3-5;7-5-3-1-2-4-6(5)8/h2*1-4H. The van der Waals surface area contributed by atoms with Crippen LogP contribution in [0.4, 0.5) is 0 Å². The molecule has 84 valence electrons. The third-order valence-electron chi connectivity index (χ3n) is 1.63. The second-order valence-corrected chi connectivity index (χ2v) is 6.39. The van der Waals surface area contributed by atoms with Gasteiger partial charge in [-0.3, -0.25) is 0 Å². The molecule has 0 fully saturated rings. The van der Waals surface area contributed by atoms with Crippen molar-refractivity contribution >= 4 is 63.7 Å². The lowest BCUT2D eigenvalue weighted by Crippen LogP contribution is -1.63.